The van der Waals surface area contributed by atoms with E-state index in [1.165, 1.54) is 4.70 Å². The molecule has 0 saturated carbocycles. The monoisotopic (exact) mass is 276 g/mol. The molecular weight excluding hydrogens is 264 g/mol. The molecule has 1 unspecified atom stereocenters. The number of hydrogen-bond acceptors (Lipinski definition) is 6. The van der Waals surface area contributed by atoms with E-state index in [-0.39, 0.29) is 6.04 Å². The summed E-state index contributed by atoms with van der Waals surface area (Å²) in [4.78, 5) is 8.72. The Morgan fingerprint density at radius 1 is 1.28 bits per heavy atom. The molecule has 0 aromatic carbocycles. The van der Waals surface area contributed by atoms with Crippen LogP contribution in [0.25, 0.3) is 10.2 Å². The van der Waals surface area contributed by atoms with Crippen molar-refractivity contribution in [2.75, 3.05) is 0 Å². The summed E-state index contributed by atoms with van der Waals surface area (Å²) in [5, 5.41) is 5.10. The molecule has 18 heavy (non-hydrogen) atoms. The van der Waals surface area contributed by atoms with E-state index in [9.17, 15) is 0 Å². The number of rotatable bonds is 4. The highest BCUT2D eigenvalue weighted by Gasteiger charge is 2.13. The van der Waals surface area contributed by atoms with Gasteiger partial charge in [0.05, 0.1) is 21.3 Å². The van der Waals surface area contributed by atoms with Gasteiger partial charge in [0.25, 0.3) is 0 Å². The molecule has 0 aliphatic heterocycles. The Morgan fingerprint density at radius 3 is 3.00 bits per heavy atom. The number of fused-ring (bicyclic) bond motifs is 1. The number of nitrogens with one attached hydrogen (secondary N) is 1. The SMILES string of the molecule is NNC(Cc1nccs1)c1cnc2ccsc2c1. The van der Waals surface area contributed by atoms with Crippen molar-refractivity contribution in [2.45, 2.75) is 12.5 Å². The van der Waals surface area contributed by atoms with E-state index < -0.39 is 0 Å². The van der Waals surface area contributed by atoms with E-state index in [1.54, 1.807) is 22.7 Å². The zero-order valence-electron chi connectivity index (χ0n) is 9.54. The van der Waals surface area contributed by atoms with Crippen molar-refractivity contribution in [2.24, 2.45) is 5.84 Å². The topological polar surface area (TPSA) is 63.8 Å². The van der Waals surface area contributed by atoms with E-state index >= 15 is 0 Å². The first kappa shape index (κ1) is 11.7. The fourth-order valence-electron chi connectivity index (χ4n) is 1.85. The highest BCUT2D eigenvalue weighted by Crippen LogP contribution is 2.24. The Balaban J connectivity index is 1.90. The van der Waals surface area contributed by atoms with Crippen LogP contribution in [0.4, 0.5) is 0 Å². The van der Waals surface area contributed by atoms with Crippen molar-refractivity contribution >= 4 is 32.9 Å². The van der Waals surface area contributed by atoms with Crippen LogP contribution >= 0.6 is 22.7 Å². The number of thiazole rings is 1. The summed E-state index contributed by atoms with van der Waals surface area (Å²) < 4.78 is 1.19. The number of nitrogens with two attached hydrogens (primary N) is 1. The fourth-order valence-corrected chi connectivity index (χ4v) is 3.31. The summed E-state index contributed by atoms with van der Waals surface area (Å²) >= 11 is 3.34. The molecule has 92 valence electrons. The van der Waals surface area contributed by atoms with E-state index in [2.05, 4.69) is 21.5 Å². The molecule has 0 spiro atoms. The van der Waals surface area contributed by atoms with Gasteiger partial charge in [0.15, 0.2) is 0 Å². The second-order valence-corrected chi connectivity index (χ2v) is 5.85. The summed E-state index contributed by atoms with van der Waals surface area (Å²) in [5.41, 5.74) is 4.98. The molecule has 0 fully saturated rings. The van der Waals surface area contributed by atoms with Gasteiger partial charge in [-0.3, -0.25) is 16.3 Å². The fraction of sp³-hybridized carbons (Fsp3) is 0.167. The van der Waals surface area contributed by atoms with Gasteiger partial charge in [0.1, 0.15) is 0 Å². The molecule has 0 amide bonds. The van der Waals surface area contributed by atoms with Crippen LogP contribution in [0.1, 0.15) is 16.6 Å². The normalized spacial score (nSPS) is 12.9. The van der Waals surface area contributed by atoms with Crippen LogP contribution in [-0.4, -0.2) is 9.97 Å². The third-order valence-electron chi connectivity index (χ3n) is 2.79. The van der Waals surface area contributed by atoms with Crippen LogP contribution in [-0.2, 0) is 6.42 Å². The minimum atomic E-state index is 0.0511. The minimum absolute atomic E-state index is 0.0511. The van der Waals surface area contributed by atoms with Crippen molar-refractivity contribution < 1.29 is 0 Å². The zero-order valence-corrected chi connectivity index (χ0v) is 11.2. The number of hydrogen-bond donors (Lipinski definition) is 2. The van der Waals surface area contributed by atoms with Gasteiger partial charge in [0.2, 0.25) is 0 Å². The second kappa shape index (κ2) is 5.11. The Kier molecular flexibility index (Phi) is 3.33. The average Bonchev–Trinajstić information content (AvgIpc) is 3.06. The predicted octanol–water partition coefficient (Wildman–Crippen LogP) is 2.50. The first-order valence-corrected chi connectivity index (χ1v) is 7.30. The molecule has 3 N–H and O–H groups in total. The lowest BCUT2D eigenvalue weighted by Gasteiger charge is -2.14. The highest BCUT2D eigenvalue weighted by atomic mass is 32.1. The van der Waals surface area contributed by atoms with Crippen LogP contribution < -0.4 is 11.3 Å². The lowest BCUT2D eigenvalue weighted by molar-refractivity contribution is 0.550. The lowest BCUT2D eigenvalue weighted by Crippen LogP contribution is -2.29. The molecule has 0 radical (unpaired) electrons. The number of nitrogens with zero attached hydrogens (tertiary/aromatic N) is 2. The van der Waals surface area contributed by atoms with Crippen molar-refractivity contribution in [3.63, 3.8) is 0 Å². The maximum atomic E-state index is 5.64. The minimum Gasteiger partial charge on any atom is -0.271 e. The van der Waals surface area contributed by atoms with Gasteiger partial charge in [-0.2, -0.15) is 0 Å². The Bertz CT molecular complexity index is 632. The summed E-state index contributed by atoms with van der Waals surface area (Å²) in [6, 6.07) is 4.22. The van der Waals surface area contributed by atoms with Crippen LogP contribution in [0.15, 0.2) is 35.3 Å². The number of hydrazine groups is 1. The van der Waals surface area contributed by atoms with Crippen LogP contribution in [0, 0.1) is 0 Å². The predicted molar refractivity (Wildman–Crippen MR) is 75.5 cm³/mol. The molecule has 0 aliphatic rings. The summed E-state index contributed by atoms with van der Waals surface area (Å²) in [6.45, 7) is 0. The average molecular weight is 276 g/mol. The zero-order chi connectivity index (χ0) is 12.4. The Hall–Kier alpha value is -1.34. The highest BCUT2D eigenvalue weighted by molar-refractivity contribution is 7.17. The molecule has 3 aromatic heterocycles. The second-order valence-electron chi connectivity index (χ2n) is 3.92. The summed E-state index contributed by atoms with van der Waals surface area (Å²) in [5.74, 6) is 5.64. The molecule has 3 heterocycles. The molecule has 3 rings (SSSR count). The largest absolute Gasteiger partial charge is 0.271 e. The van der Waals surface area contributed by atoms with E-state index in [0.29, 0.717) is 0 Å². The third-order valence-corrected chi connectivity index (χ3v) is 4.44. The van der Waals surface area contributed by atoms with Crippen molar-refractivity contribution in [3.8, 4) is 0 Å². The first-order valence-electron chi connectivity index (χ1n) is 5.54. The molecule has 0 bridgehead atoms. The van der Waals surface area contributed by atoms with Crippen LogP contribution in [0.5, 0.6) is 0 Å². The van der Waals surface area contributed by atoms with Crippen molar-refractivity contribution in [3.05, 3.63) is 45.9 Å². The maximum Gasteiger partial charge on any atom is 0.0944 e. The van der Waals surface area contributed by atoms with Gasteiger partial charge in [0, 0.05) is 24.2 Å². The van der Waals surface area contributed by atoms with E-state index in [0.717, 1.165) is 22.5 Å². The molecule has 0 aliphatic carbocycles. The summed E-state index contributed by atoms with van der Waals surface area (Å²) in [7, 11) is 0. The first-order chi connectivity index (χ1) is 8.86. The van der Waals surface area contributed by atoms with Gasteiger partial charge in [-0.15, -0.1) is 22.7 Å². The van der Waals surface area contributed by atoms with Crippen molar-refractivity contribution in [1.82, 2.24) is 15.4 Å². The van der Waals surface area contributed by atoms with Gasteiger partial charge < -0.3 is 0 Å². The van der Waals surface area contributed by atoms with E-state index in [1.807, 2.05) is 29.2 Å². The lowest BCUT2D eigenvalue weighted by atomic mass is 10.1. The van der Waals surface area contributed by atoms with Crippen molar-refractivity contribution in [1.29, 1.82) is 0 Å². The molecule has 1 atom stereocenters. The van der Waals surface area contributed by atoms with Gasteiger partial charge in [-0.1, -0.05) is 0 Å². The van der Waals surface area contributed by atoms with E-state index in [4.69, 9.17) is 5.84 Å². The van der Waals surface area contributed by atoms with Gasteiger partial charge in [-0.05, 0) is 23.1 Å². The van der Waals surface area contributed by atoms with Crippen LogP contribution in [0.2, 0.25) is 0 Å². The molecule has 0 saturated heterocycles. The molecule has 3 aromatic rings. The van der Waals surface area contributed by atoms with Gasteiger partial charge >= 0.3 is 0 Å². The number of pyridine rings is 1. The Morgan fingerprint density at radius 2 is 2.22 bits per heavy atom. The van der Waals surface area contributed by atoms with Gasteiger partial charge in [-0.25, -0.2) is 4.98 Å². The maximum absolute atomic E-state index is 5.64. The Labute approximate surface area is 112 Å². The standard InChI is InChI=1S/C12H12N4S2/c13-16-10(6-12-14-2-4-18-12)8-5-11-9(15-7-8)1-3-17-11/h1-5,7,10,16H,6,13H2. The summed E-state index contributed by atoms with van der Waals surface area (Å²) in [6.07, 6.45) is 4.48. The molecular formula is C12H12N4S2. The van der Waals surface area contributed by atoms with Crippen LogP contribution in [0.3, 0.4) is 0 Å². The number of thiophene rings is 1. The number of aromatic nitrogens is 2. The molecule has 6 heteroatoms. The third kappa shape index (κ3) is 2.28. The smallest absolute Gasteiger partial charge is 0.0944 e. The molecule has 4 nitrogen and oxygen atoms in total. The quantitative estimate of drug-likeness (QED) is 0.567.